The van der Waals surface area contributed by atoms with Crippen LogP contribution in [0.1, 0.15) is 11.3 Å². The van der Waals surface area contributed by atoms with Crippen LogP contribution in [-0.4, -0.2) is 5.91 Å². The average molecular weight is 451 g/mol. The van der Waals surface area contributed by atoms with E-state index in [0.717, 1.165) is 21.3 Å². The number of furan rings is 1. The van der Waals surface area contributed by atoms with Crippen molar-refractivity contribution in [1.82, 2.24) is 0 Å². The molecule has 3 rings (SSSR count). The number of carbonyl (C=O) groups excluding carboxylic acids is 1. The van der Waals surface area contributed by atoms with Crippen LogP contribution in [0.5, 0.6) is 0 Å². The van der Waals surface area contributed by atoms with Crippen LogP contribution < -0.4 is 5.32 Å². The number of hydrogen-bond donors (Lipinski definition) is 1. The summed E-state index contributed by atoms with van der Waals surface area (Å²) in [5, 5.41) is 3.91. The molecule has 0 atom stereocenters. The number of carbonyl (C=O) groups is 1. The van der Waals surface area contributed by atoms with E-state index >= 15 is 0 Å². The van der Waals surface area contributed by atoms with Crippen LogP contribution in [0, 0.1) is 6.92 Å². The van der Waals surface area contributed by atoms with Crippen molar-refractivity contribution in [1.29, 1.82) is 0 Å². The lowest BCUT2D eigenvalue weighted by molar-refractivity contribution is -0.111. The first-order chi connectivity index (χ1) is 12.4. The molecule has 3 aromatic rings. The third-order valence-electron chi connectivity index (χ3n) is 3.75. The highest BCUT2D eigenvalue weighted by atomic mass is 79.9. The van der Waals surface area contributed by atoms with Gasteiger partial charge in [-0.2, -0.15) is 0 Å². The zero-order chi connectivity index (χ0) is 18.7. The van der Waals surface area contributed by atoms with E-state index in [1.807, 2.05) is 25.1 Å². The van der Waals surface area contributed by atoms with Gasteiger partial charge in [-0.1, -0.05) is 45.2 Å². The summed E-state index contributed by atoms with van der Waals surface area (Å²) >= 11 is 15.5. The van der Waals surface area contributed by atoms with Crippen molar-refractivity contribution in [2.45, 2.75) is 6.92 Å². The fraction of sp³-hybridized carbons (Fsp3) is 0.0500. The predicted octanol–water partition coefficient (Wildman–Crippen LogP) is 6.98. The first-order valence-corrected chi connectivity index (χ1v) is 9.28. The number of amides is 1. The standard InChI is InChI=1S/C20H14BrCl2NO2/c1-12-16(21)3-2-4-18(12)24-20(25)10-7-14-6-9-19(26-14)15-8-5-13(22)11-17(15)23/h2-11H,1H3,(H,24,25)/b10-7+. The molecule has 2 aromatic carbocycles. The third-order valence-corrected chi connectivity index (χ3v) is 5.15. The average Bonchev–Trinajstić information content (AvgIpc) is 3.06. The van der Waals surface area contributed by atoms with Gasteiger partial charge in [-0.3, -0.25) is 4.79 Å². The molecule has 132 valence electrons. The molecule has 0 bridgehead atoms. The number of halogens is 3. The summed E-state index contributed by atoms with van der Waals surface area (Å²) < 4.78 is 6.67. The summed E-state index contributed by atoms with van der Waals surface area (Å²) in [5.74, 6) is 0.912. The Hall–Kier alpha value is -2.01. The minimum Gasteiger partial charge on any atom is -0.457 e. The number of nitrogens with one attached hydrogen (secondary N) is 1. The largest absolute Gasteiger partial charge is 0.457 e. The van der Waals surface area contributed by atoms with Gasteiger partial charge in [-0.15, -0.1) is 0 Å². The molecule has 1 N–H and O–H groups in total. The Labute approximate surface area is 169 Å². The second-order valence-corrected chi connectivity index (χ2v) is 7.26. The van der Waals surface area contributed by atoms with Crippen molar-refractivity contribution in [3.8, 4) is 11.3 Å². The van der Waals surface area contributed by atoms with Crippen LogP contribution in [0.25, 0.3) is 17.4 Å². The smallest absolute Gasteiger partial charge is 0.248 e. The highest BCUT2D eigenvalue weighted by Crippen LogP contribution is 2.31. The molecule has 1 aromatic heterocycles. The van der Waals surface area contributed by atoms with Crippen molar-refractivity contribution in [2.24, 2.45) is 0 Å². The fourth-order valence-corrected chi connectivity index (χ4v) is 3.22. The predicted molar refractivity (Wildman–Crippen MR) is 111 cm³/mol. The van der Waals surface area contributed by atoms with E-state index in [-0.39, 0.29) is 5.91 Å². The van der Waals surface area contributed by atoms with E-state index in [9.17, 15) is 4.79 Å². The van der Waals surface area contributed by atoms with Gasteiger partial charge < -0.3 is 9.73 Å². The number of benzene rings is 2. The zero-order valence-electron chi connectivity index (χ0n) is 13.7. The number of anilines is 1. The monoisotopic (exact) mass is 449 g/mol. The first-order valence-electron chi connectivity index (χ1n) is 7.73. The Kier molecular flexibility index (Phi) is 5.87. The molecule has 0 spiro atoms. The molecule has 0 saturated heterocycles. The van der Waals surface area contributed by atoms with Crippen molar-refractivity contribution in [2.75, 3.05) is 5.32 Å². The first kappa shape index (κ1) is 18.8. The molecule has 26 heavy (non-hydrogen) atoms. The Balaban J connectivity index is 1.72. The fourth-order valence-electron chi connectivity index (χ4n) is 2.35. The van der Waals surface area contributed by atoms with Gasteiger partial charge in [0.05, 0.1) is 5.02 Å². The van der Waals surface area contributed by atoms with Crippen molar-refractivity contribution < 1.29 is 9.21 Å². The molecular weight excluding hydrogens is 437 g/mol. The van der Waals surface area contributed by atoms with Gasteiger partial charge in [0.25, 0.3) is 0 Å². The quantitative estimate of drug-likeness (QED) is 0.435. The van der Waals surface area contributed by atoms with E-state index in [4.69, 9.17) is 27.6 Å². The molecule has 0 aliphatic heterocycles. The molecule has 0 unspecified atom stereocenters. The lowest BCUT2D eigenvalue weighted by Gasteiger charge is -2.07. The lowest BCUT2D eigenvalue weighted by atomic mass is 10.2. The molecule has 0 radical (unpaired) electrons. The van der Waals surface area contributed by atoms with Crippen LogP contribution in [0.15, 0.2) is 63.5 Å². The van der Waals surface area contributed by atoms with Gasteiger partial charge in [-0.25, -0.2) is 0 Å². The molecular formula is C20H14BrCl2NO2. The van der Waals surface area contributed by atoms with Gasteiger partial charge in [0, 0.05) is 26.8 Å². The van der Waals surface area contributed by atoms with Crippen LogP contribution in [-0.2, 0) is 4.79 Å². The van der Waals surface area contributed by atoms with Crippen LogP contribution in [0.3, 0.4) is 0 Å². The Bertz CT molecular complexity index is 995. The van der Waals surface area contributed by atoms with Gasteiger partial charge in [-0.05, 0) is 61.0 Å². The minimum absolute atomic E-state index is 0.242. The topological polar surface area (TPSA) is 42.2 Å². The van der Waals surface area contributed by atoms with Gasteiger partial charge in [0.15, 0.2) is 0 Å². The van der Waals surface area contributed by atoms with Crippen molar-refractivity contribution >= 4 is 56.8 Å². The molecule has 0 aliphatic carbocycles. The zero-order valence-corrected chi connectivity index (χ0v) is 16.8. The Morgan fingerprint density at radius 3 is 2.73 bits per heavy atom. The van der Waals surface area contributed by atoms with Gasteiger partial charge in [0.1, 0.15) is 11.5 Å². The van der Waals surface area contributed by atoms with Gasteiger partial charge >= 0.3 is 0 Å². The van der Waals surface area contributed by atoms with Crippen LogP contribution in [0.4, 0.5) is 5.69 Å². The highest BCUT2D eigenvalue weighted by molar-refractivity contribution is 9.10. The van der Waals surface area contributed by atoms with Crippen molar-refractivity contribution in [3.63, 3.8) is 0 Å². The third kappa shape index (κ3) is 4.39. The van der Waals surface area contributed by atoms with E-state index in [1.54, 1.807) is 36.4 Å². The summed E-state index contributed by atoms with van der Waals surface area (Å²) in [6, 6.07) is 14.4. The molecule has 0 saturated carbocycles. The minimum atomic E-state index is -0.242. The summed E-state index contributed by atoms with van der Waals surface area (Å²) in [5.41, 5.74) is 2.46. The normalized spacial score (nSPS) is 11.1. The van der Waals surface area contributed by atoms with E-state index in [0.29, 0.717) is 21.6 Å². The van der Waals surface area contributed by atoms with Crippen molar-refractivity contribution in [3.05, 3.63) is 80.4 Å². The Morgan fingerprint density at radius 2 is 1.96 bits per heavy atom. The van der Waals surface area contributed by atoms with E-state index in [2.05, 4.69) is 21.2 Å². The number of rotatable bonds is 4. The summed E-state index contributed by atoms with van der Waals surface area (Å²) in [7, 11) is 0. The van der Waals surface area contributed by atoms with E-state index < -0.39 is 0 Å². The maximum absolute atomic E-state index is 12.1. The van der Waals surface area contributed by atoms with Gasteiger partial charge in [0.2, 0.25) is 5.91 Å². The summed E-state index contributed by atoms with van der Waals surface area (Å²) in [6.45, 7) is 1.93. The molecule has 1 amide bonds. The summed E-state index contributed by atoms with van der Waals surface area (Å²) in [6.07, 6.45) is 3.03. The molecule has 0 aliphatic rings. The van der Waals surface area contributed by atoms with E-state index in [1.165, 1.54) is 6.08 Å². The highest BCUT2D eigenvalue weighted by Gasteiger charge is 2.09. The number of hydrogen-bond acceptors (Lipinski definition) is 2. The van der Waals surface area contributed by atoms with Crippen LogP contribution in [0.2, 0.25) is 10.0 Å². The molecule has 6 heteroatoms. The SMILES string of the molecule is Cc1c(Br)cccc1NC(=O)/C=C/c1ccc(-c2ccc(Cl)cc2Cl)o1. The molecule has 1 heterocycles. The maximum atomic E-state index is 12.1. The Morgan fingerprint density at radius 1 is 1.15 bits per heavy atom. The second kappa shape index (κ2) is 8.12. The lowest BCUT2D eigenvalue weighted by Crippen LogP contribution is -2.08. The molecule has 0 fully saturated rings. The molecule has 3 nitrogen and oxygen atoms in total. The second-order valence-electron chi connectivity index (χ2n) is 5.56. The maximum Gasteiger partial charge on any atom is 0.248 e. The van der Waals surface area contributed by atoms with Crippen LogP contribution >= 0.6 is 39.1 Å². The summed E-state index contributed by atoms with van der Waals surface area (Å²) in [4.78, 5) is 12.1.